The molecule has 0 saturated carbocycles. The molecular weight excluding hydrogens is 915 g/mol. The zero-order valence-electron chi connectivity index (χ0n) is 42.2. The van der Waals surface area contributed by atoms with Crippen LogP contribution in [-0.4, -0.2) is 113 Å². The molecule has 1 aliphatic heterocycles. The SMILES string of the molecule is CCCOc1cc(-c2cncc([C@@H](CO)CB3OB(C[C@H](CO)c4cncc(-c5ccc(OC)c(OCCC)c5)c4)OB(C[C@H](CO)c4cncc(-c5ccc(OC)c(OCCC)c5)c4)O3)c2)ccc1OC. The number of aliphatic hydroxyl groups is 3. The number of rotatable bonds is 27. The molecular formula is C54H66B3N3O12. The van der Waals surface area contributed by atoms with Gasteiger partial charge in [-0.15, -0.1) is 0 Å². The van der Waals surface area contributed by atoms with Crippen molar-refractivity contribution in [3.05, 3.63) is 127 Å². The minimum Gasteiger partial charge on any atom is -0.493 e. The van der Waals surface area contributed by atoms with E-state index >= 15 is 0 Å². The summed E-state index contributed by atoms with van der Waals surface area (Å²) in [6, 6.07) is 23.3. The highest BCUT2D eigenvalue weighted by molar-refractivity contribution is 6.73. The summed E-state index contributed by atoms with van der Waals surface area (Å²) >= 11 is 0. The minimum atomic E-state index is -0.862. The summed E-state index contributed by atoms with van der Waals surface area (Å²) in [5.41, 5.74) is 7.48. The van der Waals surface area contributed by atoms with Crippen molar-refractivity contribution in [1.29, 1.82) is 0 Å². The summed E-state index contributed by atoms with van der Waals surface area (Å²) in [4.78, 5) is 13.7. The normalized spacial score (nSPS) is 13.9. The molecule has 0 aliphatic carbocycles. The highest BCUT2D eigenvalue weighted by atomic mass is 16.7. The van der Waals surface area contributed by atoms with Crippen LogP contribution in [0.2, 0.25) is 19.0 Å². The van der Waals surface area contributed by atoms with Crippen LogP contribution in [0.1, 0.15) is 74.5 Å². The molecule has 1 fully saturated rings. The zero-order chi connectivity index (χ0) is 50.8. The topological polar surface area (TPSA) is 182 Å². The third-order valence-corrected chi connectivity index (χ3v) is 12.6. The van der Waals surface area contributed by atoms with Gasteiger partial charge in [0.2, 0.25) is 0 Å². The lowest BCUT2D eigenvalue weighted by Crippen LogP contribution is -2.50. The minimum absolute atomic E-state index is 0.222. The molecule has 3 aromatic heterocycles. The maximum absolute atomic E-state index is 11.0. The molecule has 0 spiro atoms. The first-order valence-corrected chi connectivity index (χ1v) is 24.8. The second-order valence-electron chi connectivity index (χ2n) is 17.7. The average molecular weight is 982 g/mol. The fourth-order valence-corrected chi connectivity index (χ4v) is 8.64. The van der Waals surface area contributed by atoms with E-state index in [4.69, 9.17) is 42.1 Å². The van der Waals surface area contributed by atoms with Crippen LogP contribution in [0.4, 0.5) is 0 Å². The van der Waals surface area contributed by atoms with Crippen LogP contribution in [0.15, 0.2) is 110 Å². The van der Waals surface area contributed by atoms with E-state index in [-0.39, 0.29) is 38.8 Å². The molecule has 3 atom stereocenters. The number of ether oxygens (including phenoxy) is 6. The molecule has 18 heteroatoms. The summed E-state index contributed by atoms with van der Waals surface area (Å²) in [6.45, 7) is 7.10. The van der Waals surface area contributed by atoms with Gasteiger partial charge >= 0.3 is 21.4 Å². The summed E-state index contributed by atoms with van der Waals surface area (Å²) in [6.07, 6.45) is 13.8. The highest BCUT2D eigenvalue weighted by Crippen LogP contribution is 2.39. The number of nitrogens with zero attached hydrogens (tertiary/aromatic N) is 3. The summed E-state index contributed by atoms with van der Waals surface area (Å²) < 4.78 is 54.5. The van der Waals surface area contributed by atoms with Gasteiger partial charge in [0.25, 0.3) is 0 Å². The first kappa shape index (κ1) is 53.7. The predicted molar refractivity (Wildman–Crippen MR) is 280 cm³/mol. The van der Waals surface area contributed by atoms with E-state index in [1.165, 1.54) is 0 Å². The Balaban J connectivity index is 1.16. The number of aromatic nitrogens is 3. The maximum atomic E-state index is 11.0. The van der Waals surface area contributed by atoms with Crippen molar-refractivity contribution in [3.8, 4) is 67.9 Å². The van der Waals surface area contributed by atoms with Crippen molar-refractivity contribution >= 4 is 21.4 Å². The lowest BCUT2D eigenvalue weighted by molar-refractivity contribution is 0.232. The van der Waals surface area contributed by atoms with Gasteiger partial charge < -0.3 is 57.5 Å². The number of benzene rings is 3. The third kappa shape index (κ3) is 13.9. The number of hydrogen-bond acceptors (Lipinski definition) is 15. The van der Waals surface area contributed by atoms with E-state index in [0.29, 0.717) is 54.3 Å². The first-order valence-electron chi connectivity index (χ1n) is 24.8. The molecule has 15 nitrogen and oxygen atoms in total. The Bertz CT molecular complexity index is 2360. The molecule has 3 N–H and O–H groups in total. The smallest absolute Gasteiger partial charge is 0.430 e. The van der Waals surface area contributed by atoms with Crippen LogP contribution in [0, 0.1) is 0 Å². The van der Waals surface area contributed by atoms with Crippen LogP contribution in [0.25, 0.3) is 33.4 Å². The van der Waals surface area contributed by atoms with Crippen molar-refractivity contribution in [2.75, 3.05) is 61.0 Å². The molecule has 4 heterocycles. The fourth-order valence-electron chi connectivity index (χ4n) is 8.64. The van der Waals surface area contributed by atoms with E-state index in [9.17, 15) is 15.3 Å². The standard InChI is InChI=1S/C54H66B3N3O12/c1-7-16-67-52-22-37(10-13-49(52)64-4)40-19-43(31-58-28-40)46(34-61)25-55-70-56(26-47(35-62)44-20-41(29-59-32-44)38-11-14-50(65-5)53(23-38)68-17-8-2)72-57(71-55)27-48(36-63)45-21-42(30-60-33-45)39-12-15-51(66-6)54(24-39)69-18-9-3/h10-15,19-24,28-33,46-48,61-63H,7-9,16-18,25-27,34-36H2,1-6H3/t46-,47-,48-/m1/s1. The molecule has 3 aromatic carbocycles. The number of pyridine rings is 3. The van der Waals surface area contributed by atoms with Crippen LogP contribution in [-0.2, 0) is 13.7 Å². The monoisotopic (exact) mass is 981 g/mol. The van der Waals surface area contributed by atoms with Gasteiger partial charge in [-0.2, -0.15) is 0 Å². The molecule has 378 valence electrons. The van der Waals surface area contributed by atoms with Crippen molar-refractivity contribution < 1.29 is 57.5 Å². The molecule has 0 amide bonds. The number of hydrogen-bond donors (Lipinski definition) is 3. The Morgan fingerprint density at radius 3 is 0.944 bits per heavy atom. The second kappa shape index (κ2) is 27.1. The lowest BCUT2D eigenvalue weighted by atomic mass is 9.60. The summed E-state index contributed by atoms with van der Waals surface area (Å²) in [7, 11) is 2.25. The quantitative estimate of drug-likeness (QED) is 0.0415. The van der Waals surface area contributed by atoms with Gasteiger partial charge in [0, 0.05) is 91.4 Å². The highest BCUT2D eigenvalue weighted by Gasteiger charge is 2.43. The number of methoxy groups -OCH3 is 3. The van der Waals surface area contributed by atoms with Crippen LogP contribution >= 0.6 is 0 Å². The first-order chi connectivity index (χ1) is 35.2. The molecule has 7 rings (SSSR count). The largest absolute Gasteiger partial charge is 0.493 e. The van der Waals surface area contributed by atoms with E-state index < -0.39 is 39.1 Å². The predicted octanol–water partition coefficient (Wildman–Crippen LogP) is 9.42. The fraction of sp³-hybridized carbons (Fsp3) is 0.389. The summed E-state index contributed by atoms with van der Waals surface area (Å²) in [5.74, 6) is 2.44. The van der Waals surface area contributed by atoms with Crippen molar-refractivity contribution in [1.82, 2.24) is 15.0 Å². The maximum Gasteiger partial charge on any atom is 0.430 e. The van der Waals surface area contributed by atoms with Crippen molar-refractivity contribution in [2.24, 2.45) is 0 Å². The molecule has 1 saturated heterocycles. The Hall–Kier alpha value is -6.14. The van der Waals surface area contributed by atoms with Gasteiger partial charge in [-0.3, -0.25) is 15.0 Å². The Morgan fingerprint density at radius 2 is 0.694 bits per heavy atom. The molecule has 0 radical (unpaired) electrons. The van der Waals surface area contributed by atoms with E-state index in [1.807, 2.05) is 93.6 Å². The van der Waals surface area contributed by atoms with Gasteiger partial charge in [-0.25, -0.2) is 0 Å². The van der Waals surface area contributed by atoms with Gasteiger partial charge in [0.1, 0.15) is 0 Å². The Kier molecular flexibility index (Phi) is 20.2. The average Bonchev–Trinajstić information content (AvgIpc) is 3.43. The molecule has 0 unspecified atom stereocenters. The van der Waals surface area contributed by atoms with Gasteiger partial charge in [0.05, 0.1) is 41.2 Å². The second-order valence-corrected chi connectivity index (χ2v) is 17.7. The number of aliphatic hydroxyl groups excluding tert-OH is 3. The third-order valence-electron chi connectivity index (χ3n) is 12.6. The zero-order valence-corrected chi connectivity index (χ0v) is 42.2. The van der Waals surface area contributed by atoms with Gasteiger partial charge in [-0.05, 0) is 126 Å². The molecule has 6 aromatic rings. The lowest BCUT2D eigenvalue weighted by Gasteiger charge is -2.35. The molecule has 0 bridgehead atoms. The van der Waals surface area contributed by atoms with Crippen molar-refractivity contribution in [3.63, 3.8) is 0 Å². The molecule has 72 heavy (non-hydrogen) atoms. The summed E-state index contributed by atoms with van der Waals surface area (Å²) in [5, 5.41) is 32.9. The van der Waals surface area contributed by atoms with Gasteiger partial charge in [0.15, 0.2) is 34.5 Å². The van der Waals surface area contributed by atoms with Crippen LogP contribution in [0.3, 0.4) is 0 Å². The van der Waals surface area contributed by atoms with E-state index in [1.54, 1.807) is 58.5 Å². The van der Waals surface area contributed by atoms with Crippen molar-refractivity contribution in [2.45, 2.75) is 76.7 Å². The van der Waals surface area contributed by atoms with E-state index in [0.717, 1.165) is 69.3 Å². The molecule has 1 aliphatic rings. The van der Waals surface area contributed by atoms with E-state index in [2.05, 4.69) is 15.0 Å². The van der Waals surface area contributed by atoms with Crippen LogP contribution < -0.4 is 28.4 Å². The Morgan fingerprint density at radius 1 is 0.403 bits per heavy atom. The Labute approximate surface area is 424 Å². The van der Waals surface area contributed by atoms with Gasteiger partial charge in [-0.1, -0.05) is 39.0 Å². The van der Waals surface area contributed by atoms with Crippen LogP contribution in [0.5, 0.6) is 34.5 Å².